The molecule has 9 heteroatoms. The quantitative estimate of drug-likeness (QED) is 0.818. The standard InChI is InChI=1S/C9H12ClN3O3S2/c1-16-5-2-3-11-18(14,15)8-7(10)12-9-13(8)4-6-17-9/h4,6,11H,2-3,5H2,1H3. The zero-order valence-corrected chi connectivity index (χ0v) is 12.0. The Morgan fingerprint density at radius 3 is 3.11 bits per heavy atom. The van der Waals surface area contributed by atoms with Crippen LogP contribution in [0.25, 0.3) is 4.96 Å². The number of hydrogen-bond donors (Lipinski definition) is 1. The Balaban J connectivity index is 2.23. The number of hydrogen-bond acceptors (Lipinski definition) is 5. The first-order chi connectivity index (χ1) is 8.56. The summed E-state index contributed by atoms with van der Waals surface area (Å²) in [5.41, 5.74) is 0. The van der Waals surface area contributed by atoms with Crippen LogP contribution in [0.15, 0.2) is 16.6 Å². The van der Waals surface area contributed by atoms with Gasteiger partial charge in [0.25, 0.3) is 10.0 Å². The van der Waals surface area contributed by atoms with Crippen LogP contribution in [0.5, 0.6) is 0 Å². The van der Waals surface area contributed by atoms with E-state index in [9.17, 15) is 8.42 Å². The van der Waals surface area contributed by atoms with Gasteiger partial charge in [0.15, 0.2) is 15.1 Å². The smallest absolute Gasteiger partial charge is 0.259 e. The van der Waals surface area contributed by atoms with Crippen molar-refractivity contribution in [3.63, 3.8) is 0 Å². The maximum atomic E-state index is 12.1. The summed E-state index contributed by atoms with van der Waals surface area (Å²) in [5.74, 6) is 0. The SMILES string of the molecule is COCCCNS(=O)(=O)c1c(Cl)nc2sccn12. The molecule has 0 aliphatic heterocycles. The maximum absolute atomic E-state index is 12.1. The van der Waals surface area contributed by atoms with Gasteiger partial charge in [-0.15, -0.1) is 11.3 Å². The van der Waals surface area contributed by atoms with Crippen LogP contribution in [-0.4, -0.2) is 38.1 Å². The van der Waals surface area contributed by atoms with Crippen molar-refractivity contribution >= 4 is 37.9 Å². The molecule has 0 fully saturated rings. The van der Waals surface area contributed by atoms with Crippen molar-refractivity contribution in [2.75, 3.05) is 20.3 Å². The van der Waals surface area contributed by atoms with E-state index < -0.39 is 10.0 Å². The largest absolute Gasteiger partial charge is 0.385 e. The van der Waals surface area contributed by atoms with E-state index in [1.165, 1.54) is 15.7 Å². The van der Waals surface area contributed by atoms with Gasteiger partial charge in [0.05, 0.1) is 0 Å². The number of fused-ring (bicyclic) bond motifs is 1. The Labute approximate surface area is 114 Å². The van der Waals surface area contributed by atoms with Crippen molar-refractivity contribution in [1.82, 2.24) is 14.1 Å². The molecule has 0 atom stereocenters. The molecule has 2 rings (SSSR count). The van der Waals surface area contributed by atoms with Crippen molar-refractivity contribution < 1.29 is 13.2 Å². The third-order valence-corrected chi connectivity index (χ3v) is 4.87. The monoisotopic (exact) mass is 309 g/mol. The van der Waals surface area contributed by atoms with Gasteiger partial charge in [-0.25, -0.2) is 18.1 Å². The van der Waals surface area contributed by atoms with Crippen LogP contribution in [0.3, 0.4) is 0 Å². The van der Waals surface area contributed by atoms with E-state index in [-0.39, 0.29) is 10.2 Å². The first-order valence-corrected chi connectivity index (χ1v) is 7.90. The normalized spacial score (nSPS) is 12.3. The molecule has 0 spiro atoms. The Bertz CT molecular complexity index is 635. The van der Waals surface area contributed by atoms with Gasteiger partial charge in [-0.2, -0.15) is 0 Å². The van der Waals surface area contributed by atoms with E-state index in [1.807, 2.05) is 0 Å². The summed E-state index contributed by atoms with van der Waals surface area (Å²) in [6.07, 6.45) is 2.22. The topological polar surface area (TPSA) is 72.7 Å². The molecule has 0 unspecified atom stereocenters. The van der Waals surface area contributed by atoms with Gasteiger partial charge in [0.1, 0.15) is 0 Å². The van der Waals surface area contributed by atoms with Crippen LogP contribution in [0, 0.1) is 0 Å². The van der Waals surface area contributed by atoms with Gasteiger partial charge in [0, 0.05) is 31.8 Å². The second kappa shape index (κ2) is 5.54. The number of imidazole rings is 1. The average Bonchev–Trinajstić information content (AvgIpc) is 2.83. The molecule has 0 saturated heterocycles. The maximum Gasteiger partial charge on any atom is 0.259 e. The summed E-state index contributed by atoms with van der Waals surface area (Å²) in [6, 6.07) is 0. The van der Waals surface area contributed by atoms with E-state index in [0.29, 0.717) is 24.5 Å². The summed E-state index contributed by atoms with van der Waals surface area (Å²) in [7, 11) is -2.09. The molecule has 100 valence electrons. The lowest BCUT2D eigenvalue weighted by Crippen LogP contribution is -2.26. The number of methoxy groups -OCH3 is 1. The molecule has 0 bridgehead atoms. The zero-order valence-electron chi connectivity index (χ0n) is 9.59. The minimum atomic E-state index is -3.65. The van der Waals surface area contributed by atoms with E-state index in [0.717, 1.165) is 0 Å². The number of aromatic nitrogens is 2. The summed E-state index contributed by atoms with van der Waals surface area (Å²) in [5, 5.41) is 1.72. The molecule has 1 N–H and O–H groups in total. The number of nitrogens with zero attached hydrogens (tertiary/aromatic N) is 2. The summed E-state index contributed by atoms with van der Waals surface area (Å²) in [4.78, 5) is 4.54. The second-order valence-electron chi connectivity index (χ2n) is 3.51. The first-order valence-electron chi connectivity index (χ1n) is 5.16. The van der Waals surface area contributed by atoms with Crippen LogP contribution in [0.2, 0.25) is 5.15 Å². The van der Waals surface area contributed by atoms with Gasteiger partial charge in [0.2, 0.25) is 0 Å². The second-order valence-corrected chi connectivity index (χ2v) is 6.42. The first kappa shape index (κ1) is 13.8. The van der Waals surface area contributed by atoms with Crippen molar-refractivity contribution in [3.05, 3.63) is 16.7 Å². The third kappa shape index (κ3) is 2.67. The molecule has 18 heavy (non-hydrogen) atoms. The average molecular weight is 310 g/mol. The van der Waals surface area contributed by atoms with Crippen LogP contribution in [-0.2, 0) is 14.8 Å². The lowest BCUT2D eigenvalue weighted by atomic mass is 10.5. The molecule has 0 aliphatic rings. The minimum absolute atomic E-state index is 0.0129. The predicted molar refractivity (Wildman–Crippen MR) is 69.8 cm³/mol. The molecule has 6 nitrogen and oxygen atoms in total. The van der Waals surface area contributed by atoms with Crippen molar-refractivity contribution in [3.8, 4) is 0 Å². The fraction of sp³-hybridized carbons (Fsp3) is 0.444. The molecule has 0 radical (unpaired) electrons. The molecular formula is C9H12ClN3O3S2. The molecule has 2 aromatic rings. The predicted octanol–water partition coefficient (Wildman–Crippen LogP) is 1.36. The highest BCUT2D eigenvalue weighted by atomic mass is 35.5. The van der Waals surface area contributed by atoms with Crippen molar-refractivity contribution in [2.24, 2.45) is 0 Å². The van der Waals surface area contributed by atoms with E-state index in [2.05, 4.69) is 9.71 Å². The Kier molecular flexibility index (Phi) is 4.23. The Morgan fingerprint density at radius 2 is 2.39 bits per heavy atom. The molecule has 0 saturated carbocycles. The van der Waals surface area contributed by atoms with Gasteiger partial charge >= 0.3 is 0 Å². The molecule has 0 amide bonds. The Hall–Kier alpha value is -0.670. The van der Waals surface area contributed by atoms with Crippen LogP contribution < -0.4 is 4.72 Å². The number of rotatable bonds is 6. The van der Waals surface area contributed by atoms with E-state index in [4.69, 9.17) is 16.3 Å². The number of sulfonamides is 1. The summed E-state index contributed by atoms with van der Waals surface area (Å²) in [6.45, 7) is 0.792. The van der Waals surface area contributed by atoms with Crippen LogP contribution in [0.4, 0.5) is 0 Å². The molecule has 2 heterocycles. The fourth-order valence-corrected chi connectivity index (χ4v) is 3.99. The van der Waals surface area contributed by atoms with E-state index >= 15 is 0 Å². The molecule has 0 aromatic carbocycles. The summed E-state index contributed by atoms with van der Waals surface area (Å²) < 4.78 is 33.0. The van der Waals surface area contributed by atoms with Gasteiger partial charge in [-0.3, -0.25) is 4.40 Å². The lowest BCUT2D eigenvalue weighted by molar-refractivity contribution is 0.196. The van der Waals surface area contributed by atoms with Crippen LogP contribution in [0.1, 0.15) is 6.42 Å². The molecule has 2 aromatic heterocycles. The third-order valence-electron chi connectivity index (χ3n) is 2.25. The minimum Gasteiger partial charge on any atom is -0.385 e. The van der Waals surface area contributed by atoms with Gasteiger partial charge in [-0.1, -0.05) is 11.6 Å². The van der Waals surface area contributed by atoms with Crippen molar-refractivity contribution in [2.45, 2.75) is 11.4 Å². The number of nitrogens with one attached hydrogen (secondary N) is 1. The zero-order chi connectivity index (χ0) is 13.2. The fourth-order valence-electron chi connectivity index (χ4n) is 1.47. The summed E-state index contributed by atoms with van der Waals surface area (Å²) >= 11 is 7.19. The molecule has 0 aliphatic carbocycles. The van der Waals surface area contributed by atoms with Crippen LogP contribution >= 0.6 is 22.9 Å². The highest BCUT2D eigenvalue weighted by Gasteiger charge is 2.24. The van der Waals surface area contributed by atoms with Crippen molar-refractivity contribution in [1.29, 1.82) is 0 Å². The number of thiazole rings is 1. The molecular weight excluding hydrogens is 298 g/mol. The number of ether oxygens (including phenoxy) is 1. The number of halogens is 1. The highest BCUT2D eigenvalue weighted by molar-refractivity contribution is 7.89. The lowest BCUT2D eigenvalue weighted by Gasteiger charge is -2.05. The van der Waals surface area contributed by atoms with Gasteiger partial charge in [-0.05, 0) is 6.42 Å². The van der Waals surface area contributed by atoms with Gasteiger partial charge < -0.3 is 4.74 Å². The Morgan fingerprint density at radius 1 is 1.61 bits per heavy atom. The van der Waals surface area contributed by atoms with E-state index in [1.54, 1.807) is 18.7 Å². The highest BCUT2D eigenvalue weighted by Crippen LogP contribution is 2.24.